The van der Waals surface area contributed by atoms with E-state index in [1.807, 2.05) is 49.4 Å². The summed E-state index contributed by atoms with van der Waals surface area (Å²) >= 11 is 6.75. The number of hydrogen-bond donors (Lipinski definition) is 2. The quantitative estimate of drug-likeness (QED) is 0.160. The molecule has 8 nitrogen and oxygen atoms in total. The Labute approximate surface area is 268 Å². The molecular weight excluding hydrogens is 584 g/mol. The van der Waals surface area contributed by atoms with Gasteiger partial charge in [-0.2, -0.15) is 0 Å². The molecule has 1 fully saturated rings. The van der Waals surface area contributed by atoms with Crippen molar-refractivity contribution in [2.45, 2.75) is 102 Å². The highest BCUT2D eigenvalue weighted by atomic mass is 35.5. The van der Waals surface area contributed by atoms with Crippen LogP contribution in [0.3, 0.4) is 0 Å². The molecule has 1 heterocycles. The fourth-order valence-electron chi connectivity index (χ4n) is 5.60. The van der Waals surface area contributed by atoms with Gasteiger partial charge in [-0.25, -0.2) is 0 Å². The molecule has 4 atom stereocenters. The highest BCUT2D eigenvalue weighted by Gasteiger charge is 2.64. The molecule has 0 unspecified atom stereocenters. The van der Waals surface area contributed by atoms with Crippen LogP contribution in [0.15, 0.2) is 42.5 Å². The molecule has 0 amide bonds. The summed E-state index contributed by atoms with van der Waals surface area (Å²) in [6, 6.07) is 13.6. The van der Waals surface area contributed by atoms with Crippen LogP contribution in [-0.2, 0) is 35.9 Å². The number of aliphatic hydroxyl groups excluding tert-OH is 2. The van der Waals surface area contributed by atoms with Crippen molar-refractivity contribution >= 4 is 11.6 Å². The summed E-state index contributed by atoms with van der Waals surface area (Å²) in [5.74, 6) is -0.731. The van der Waals surface area contributed by atoms with E-state index < -0.39 is 42.9 Å². The predicted octanol–water partition coefficient (Wildman–Crippen LogP) is 6.44. The Bertz CT molecular complexity index is 1090. The molecule has 2 N–H and O–H groups in total. The highest BCUT2D eigenvalue weighted by Crippen LogP contribution is 2.47. The van der Waals surface area contributed by atoms with Gasteiger partial charge in [-0.3, -0.25) is 0 Å². The maximum absolute atomic E-state index is 10.8. The van der Waals surface area contributed by atoms with Crippen LogP contribution in [0.4, 0.5) is 0 Å². The third-order valence-electron chi connectivity index (χ3n) is 8.16. The van der Waals surface area contributed by atoms with Crippen LogP contribution in [0.25, 0.3) is 0 Å². The van der Waals surface area contributed by atoms with Crippen LogP contribution in [0.5, 0.6) is 5.75 Å². The largest absolute Gasteiger partial charge is 0.494 e. The summed E-state index contributed by atoms with van der Waals surface area (Å²) in [5, 5.41) is 22.3. The lowest BCUT2D eigenvalue weighted by Crippen LogP contribution is -2.73. The van der Waals surface area contributed by atoms with Gasteiger partial charge < -0.3 is 38.6 Å². The molecule has 2 aromatic rings. The number of unbranched alkanes of at least 4 members (excludes halogenated alkanes) is 3. The lowest BCUT2D eigenvalue weighted by atomic mass is 9.80. The van der Waals surface area contributed by atoms with Gasteiger partial charge in [-0.1, -0.05) is 69.8 Å². The summed E-state index contributed by atoms with van der Waals surface area (Å²) in [6.45, 7) is 9.16. The minimum absolute atomic E-state index is 0.425. The Morgan fingerprint density at radius 1 is 0.795 bits per heavy atom. The van der Waals surface area contributed by atoms with E-state index in [2.05, 4.69) is 20.8 Å². The van der Waals surface area contributed by atoms with Gasteiger partial charge in [0.15, 0.2) is 0 Å². The van der Waals surface area contributed by atoms with Crippen molar-refractivity contribution in [1.29, 1.82) is 0 Å². The van der Waals surface area contributed by atoms with E-state index in [4.69, 9.17) is 40.0 Å². The first-order valence-corrected chi connectivity index (χ1v) is 16.6. The van der Waals surface area contributed by atoms with Gasteiger partial charge in [-0.05, 0) is 68.0 Å². The molecule has 0 aliphatic carbocycles. The Kier molecular flexibility index (Phi) is 15.4. The molecule has 248 valence electrons. The van der Waals surface area contributed by atoms with Gasteiger partial charge in [0.1, 0.15) is 29.7 Å². The molecule has 1 saturated heterocycles. The fourth-order valence-corrected chi connectivity index (χ4v) is 5.79. The lowest BCUT2D eigenvalue weighted by Gasteiger charge is -2.56. The van der Waals surface area contributed by atoms with E-state index in [-0.39, 0.29) is 0 Å². The van der Waals surface area contributed by atoms with Gasteiger partial charge in [-0.15, -0.1) is 0 Å². The van der Waals surface area contributed by atoms with E-state index in [0.29, 0.717) is 43.4 Å². The number of halogens is 1. The summed E-state index contributed by atoms with van der Waals surface area (Å²) < 4.78 is 38.2. The number of aliphatic hydroxyl groups is 2. The number of methoxy groups -OCH3 is 1. The van der Waals surface area contributed by atoms with E-state index in [1.165, 1.54) is 0 Å². The maximum Gasteiger partial charge on any atom is 0.225 e. The third-order valence-corrected chi connectivity index (χ3v) is 8.53. The SMILES string of the molecule is CCCCO[C@@H]1[C@@H](OCCCC)[C@](OC)(c2ccc(Cl)c(Cc3ccc(OCC)cc3)c2)OC(CO)(CO)[C@H]1OCCCC. The van der Waals surface area contributed by atoms with Crippen molar-refractivity contribution < 1.29 is 38.6 Å². The van der Waals surface area contributed by atoms with Gasteiger partial charge in [0.05, 0.1) is 19.8 Å². The van der Waals surface area contributed by atoms with Crippen molar-refractivity contribution in [2.75, 3.05) is 46.8 Å². The van der Waals surface area contributed by atoms with Crippen molar-refractivity contribution in [2.24, 2.45) is 0 Å². The van der Waals surface area contributed by atoms with Crippen LogP contribution in [0, 0.1) is 0 Å². The lowest BCUT2D eigenvalue weighted by molar-refractivity contribution is -0.414. The number of hydrogen-bond acceptors (Lipinski definition) is 8. The zero-order valence-electron chi connectivity index (χ0n) is 27.2. The molecule has 0 spiro atoms. The third kappa shape index (κ3) is 8.74. The topological polar surface area (TPSA) is 95.8 Å². The molecule has 1 aliphatic rings. The normalized spacial score (nSPS) is 23.1. The summed E-state index contributed by atoms with van der Waals surface area (Å²) in [5.41, 5.74) is 1.04. The van der Waals surface area contributed by atoms with Crippen LogP contribution in [0.2, 0.25) is 5.02 Å². The second kappa shape index (κ2) is 18.4. The molecule has 1 aliphatic heterocycles. The molecule has 0 bridgehead atoms. The molecule has 3 rings (SSSR count). The molecule has 44 heavy (non-hydrogen) atoms. The molecule has 2 aromatic carbocycles. The predicted molar refractivity (Wildman–Crippen MR) is 172 cm³/mol. The van der Waals surface area contributed by atoms with Crippen molar-refractivity contribution in [3.8, 4) is 5.75 Å². The Balaban J connectivity index is 2.13. The highest BCUT2D eigenvalue weighted by molar-refractivity contribution is 6.31. The van der Waals surface area contributed by atoms with Crippen molar-refractivity contribution in [1.82, 2.24) is 0 Å². The monoisotopic (exact) mass is 636 g/mol. The molecule has 0 saturated carbocycles. The van der Waals surface area contributed by atoms with E-state index in [1.54, 1.807) is 7.11 Å². The van der Waals surface area contributed by atoms with Gasteiger partial charge >= 0.3 is 0 Å². The zero-order valence-corrected chi connectivity index (χ0v) is 27.9. The minimum atomic E-state index is -1.54. The smallest absolute Gasteiger partial charge is 0.225 e. The second-order valence-corrected chi connectivity index (χ2v) is 11.8. The first kappa shape index (κ1) is 36.7. The summed E-state index contributed by atoms with van der Waals surface area (Å²) in [4.78, 5) is 0. The van der Waals surface area contributed by atoms with Crippen LogP contribution >= 0.6 is 11.6 Å². The molecule has 0 radical (unpaired) electrons. The van der Waals surface area contributed by atoms with Gasteiger partial charge in [0, 0.05) is 37.5 Å². The minimum Gasteiger partial charge on any atom is -0.494 e. The van der Waals surface area contributed by atoms with Crippen LogP contribution in [-0.4, -0.2) is 80.9 Å². The van der Waals surface area contributed by atoms with Crippen molar-refractivity contribution in [3.63, 3.8) is 0 Å². The molecule has 9 heteroatoms. The molecule has 0 aromatic heterocycles. The average Bonchev–Trinajstić information content (AvgIpc) is 3.04. The Hall–Kier alpha value is -1.75. The molecular formula is C35H53ClO8. The number of rotatable bonds is 20. The zero-order chi connectivity index (χ0) is 32.0. The standard InChI is InChI=1S/C35H53ClO8/c1-6-10-19-41-31-32(42-20-11-7-2)34(24-37,25-38)44-35(39-5,33(31)43-21-12-8-3)28-15-18-30(36)27(23-28)22-26-13-16-29(17-14-26)40-9-4/h13-18,23,31-33,37-38H,6-12,19-22,24-25H2,1-5H3/t31-,32-,33+,35-/m0/s1. The number of ether oxygens (including phenoxy) is 6. The average molecular weight is 637 g/mol. The van der Waals surface area contributed by atoms with Gasteiger partial charge in [0.2, 0.25) is 5.79 Å². The Morgan fingerprint density at radius 3 is 1.93 bits per heavy atom. The second-order valence-electron chi connectivity index (χ2n) is 11.4. The van der Waals surface area contributed by atoms with Crippen LogP contribution in [0.1, 0.15) is 82.9 Å². The van der Waals surface area contributed by atoms with Crippen LogP contribution < -0.4 is 4.74 Å². The fraction of sp³-hybridized carbons (Fsp3) is 0.657. The van der Waals surface area contributed by atoms with E-state index in [0.717, 1.165) is 55.4 Å². The van der Waals surface area contributed by atoms with E-state index >= 15 is 0 Å². The first-order valence-electron chi connectivity index (χ1n) is 16.2. The first-order chi connectivity index (χ1) is 21.4. The summed E-state index contributed by atoms with van der Waals surface area (Å²) in [7, 11) is 1.55. The number of benzene rings is 2. The van der Waals surface area contributed by atoms with Crippen molar-refractivity contribution in [3.05, 3.63) is 64.2 Å². The Morgan fingerprint density at radius 2 is 1.39 bits per heavy atom. The van der Waals surface area contributed by atoms with Gasteiger partial charge in [0.25, 0.3) is 0 Å². The summed E-state index contributed by atoms with van der Waals surface area (Å²) in [6.07, 6.45) is 3.58. The van der Waals surface area contributed by atoms with E-state index in [9.17, 15) is 10.2 Å². The maximum atomic E-state index is 10.8.